The number of carbonyl (C=O) groups is 1. The van der Waals surface area contributed by atoms with Crippen molar-refractivity contribution in [2.24, 2.45) is 0 Å². The maximum absolute atomic E-state index is 14.3. The maximum atomic E-state index is 14.3. The van der Waals surface area contributed by atoms with Gasteiger partial charge in [0.15, 0.2) is 0 Å². The first kappa shape index (κ1) is 19.2. The predicted octanol–water partition coefficient (Wildman–Crippen LogP) is 6.03. The number of amides is 1. The molecule has 0 radical (unpaired) electrons. The molecule has 1 aliphatic heterocycles. The van der Waals surface area contributed by atoms with Gasteiger partial charge in [-0.1, -0.05) is 47.5 Å². The second-order valence-electron chi connectivity index (χ2n) is 7.86. The Morgan fingerprint density at radius 1 is 1.00 bits per heavy atom. The lowest BCUT2D eigenvalue weighted by molar-refractivity contribution is 0.0970. The number of rotatable bonds is 3. The van der Waals surface area contributed by atoms with E-state index in [1.54, 1.807) is 23.1 Å². The normalized spacial score (nSPS) is 18.3. The van der Waals surface area contributed by atoms with E-state index < -0.39 is 5.82 Å². The van der Waals surface area contributed by atoms with E-state index >= 15 is 0 Å². The van der Waals surface area contributed by atoms with E-state index in [2.05, 4.69) is 42.6 Å². The largest absolute Gasteiger partial charge is 0.378 e. The molecule has 3 aromatic carbocycles. The number of halogens is 1. The molecule has 148 valence electrons. The van der Waals surface area contributed by atoms with Crippen LogP contribution in [0.25, 0.3) is 0 Å². The Labute approximate surface area is 171 Å². The lowest BCUT2D eigenvalue weighted by Crippen LogP contribution is -2.44. The van der Waals surface area contributed by atoms with Gasteiger partial charge in [-0.15, -0.1) is 0 Å². The van der Waals surface area contributed by atoms with Crippen LogP contribution in [-0.4, -0.2) is 11.9 Å². The highest BCUT2D eigenvalue weighted by atomic mass is 19.1. The van der Waals surface area contributed by atoms with Gasteiger partial charge in [0.05, 0.1) is 11.6 Å². The highest BCUT2D eigenvalue weighted by Gasteiger charge is 2.35. The van der Waals surface area contributed by atoms with Crippen LogP contribution >= 0.6 is 0 Å². The number of nitrogens with one attached hydrogen (secondary N) is 1. The predicted molar refractivity (Wildman–Crippen MR) is 116 cm³/mol. The van der Waals surface area contributed by atoms with Crippen molar-refractivity contribution in [3.63, 3.8) is 0 Å². The van der Waals surface area contributed by atoms with E-state index in [1.165, 1.54) is 11.6 Å². The molecule has 4 heteroatoms. The molecule has 0 unspecified atom stereocenters. The highest BCUT2D eigenvalue weighted by molar-refractivity contribution is 6.07. The number of benzene rings is 3. The summed E-state index contributed by atoms with van der Waals surface area (Å²) in [5.74, 6) is -0.784. The van der Waals surface area contributed by atoms with Gasteiger partial charge in [-0.25, -0.2) is 4.39 Å². The summed E-state index contributed by atoms with van der Waals surface area (Å²) in [6, 6.07) is 20.6. The molecule has 3 nitrogen and oxygen atoms in total. The number of aryl methyl sites for hydroxylation is 2. The number of carbonyl (C=O) groups excluding carboxylic acids is 1. The van der Waals surface area contributed by atoms with Gasteiger partial charge >= 0.3 is 0 Å². The summed E-state index contributed by atoms with van der Waals surface area (Å²) < 4.78 is 14.3. The minimum absolute atomic E-state index is 0.0692. The van der Waals surface area contributed by atoms with Crippen molar-refractivity contribution in [1.29, 1.82) is 0 Å². The van der Waals surface area contributed by atoms with Crippen molar-refractivity contribution < 1.29 is 9.18 Å². The summed E-state index contributed by atoms with van der Waals surface area (Å²) in [4.78, 5) is 15.0. The fourth-order valence-corrected chi connectivity index (χ4v) is 4.04. The van der Waals surface area contributed by atoms with E-state index in [-0.39, 0.29) is 23.6 Å². The Morgan fingerprint density at radius 2 is 1.69 bits per heavy atom. The van der Waals surface area contributed by atoms with Crippen LogP contribution in [0.3, 0.4) is 0 Å². The highest BCUT2D eigenvalue weighted by Crippen LogP contribution is 2.40. The summed E-state index contributed by atoms with van der Waals surface area (Å²) in [6.07, 6.45) is 0.741. The van der Waals surface area contributed by atoms with Crippen molar-refractivity contribution in [2.75, 3.05) is 10.2 Å². The van der Waals surface area contributed by atoms with Gasteiger partial charge in [0.1, 0.15) is 5.82 Å². The van der Waals surface area contributed by atoms with E-state index in [1.807, 2.05) is 26.0 Å². The fourth-order valence-electron chi connectivity index (χ4n) is 4.04. The van der Waals surface area contributed by atoms with E-state index in [4.69, 9.17) is 0 Å². The van der Waals surface area contributed by atoms with Crippen molar-refractivity contribution in [1.82, 2.24) is 0 Å². The number of nitrogens with zero attached hydrogens (tertiary/aromatic N) is 1. The van der Waals surface area contributed by atoms with Crippen LogP contribution in [0.15, 0.2) is 66.7 Å². The smallest absolute Gasteiger partial charge is 0.261 e. The first-order chi connectivity index (χ1) is 13.9. The van der Waals surface area contributed by atoms with Gasteiger partial charge in [-0.2, -0.15) is 0 Å². The first-order valence-corrected chi connectivity index (χ1v) is 9.96. The van der Waals surface area contributed by atoms with Crippen LogP contribution in [0.2, 0.25) is 0 Å². The number of hydrogen-bond acceptors (Lipinski definition) is 2. The van der Waals surface area contributed by atoms with E-state index in [0.29, 0.717) is 0 Å². The maximum Gasteiger partial charge on any atom is 0.261 e. The minimum Gasteiger partial charge on any atom is -0.378 e. The van der Waals surface area contributed by atoms with Crippen LogP contribution in [0, 0.1) is 19.7 Å². The summed E-state index contributed by atoms with van der Waals surface area (Å²) in [6.45, 7) is 6.13. The Hall–Kier alpha value is -3.14. The van der Waals surface area contributed by atoms with Gasteiger partial charge in [0, 0.05) is 17.4 Å². The zero-order valence-corrected chi connectivity index (χ0v) is 16.9. The minimum atomic E-state index is -0.488. The first-order valence-electron chi connectivity index (χ1n) is 9.96. The molecule has 1 heterocycles. The average Bonchev–Trinajstić information content (AvgIpc) is 2.70. The third-order valence-electron chi connectivity index (χ3n) is 5.55. The average molecular weight is 388 g/mol. The standard InChI is InChI=1S/C25H25FN2O/c1-16-8-11-19(12-9-16)27-23-15-18(3)28(24-13-10-17(2)14-21(23)24)25(29)20-6-4-5-7-22(20)26/h4-14,18,23,27H,15H2,1-3H3/t18-,23+/m1/s1. The molecule has 29 heavy (non-hydrogen) atoms. The Bertz CT molecular complexity index is 1040. The van der Waals surface area contributed by atoms with E-state index in [9.17, 15) is 9.18 Å². The van der Waals surface area contributed by atoms with Crippen LogP contribution in [0.5, 0.6) is 0 Å². The molecule has 1 amide bonds. The summed E-state index contributed by atoms with van der Waals surface area (Å²) in [7, 11) is 0. The molecule has 1 N–H and O–H groups in total. The second-order valence-corrected chi connectivity index (χ2v) is 7.86. The van der Waals surface area contributed by atoms with Gasteiger partial charge in [0.2, 0.25) is 0 Å². The Kier molecular flexibility index (Phi) is 5.10. The molecule has 0 saturated heterocycles. The van der Waals surface area contributed by atoms with Crippen molar-refractivity contribution >= 4 is 17.3 Å². The zero-order chi connectivity index (χ0) is 20.5. The van der Waals surface area contributed by atoms with E-state index in [0.717, 1.165) is 28.9 Å². The molecule has 3 aromatic rings. The van der Waals surface area contributed by atoms with Crippen LogP contribution in [0.1, 0.15) is 46.4 Å². The molecule has 0 aromatic heterocycles. The van der Waals surface area contributed by atoms with Gasteiger partial charge in [-0.05, 0) is 63.1 Å². The Balaban J connectivity index is 1.73. The van der Waals surface area contributed by atoms with Crippen LogP contribution < -0.4 is 10.2 Å². The van der Waals surface area contributed by atoms with Crippen molar-refractivity contribution in [2.45, 2.75) is 39.3 Å². The second kappa shape index (κ2) is 7.70. The van der Waals surface area contributed by atoms with Crippen LogP contribution in [0.4, 0.5) is 15.8 Å². The summed E-state index contributed by atoms with van der Waals surface area (Å²) in [5.41, 5.74) is 5.41. The molecular weight excluding hydrogens is 363 g/mol. The number of fused-ring (bicyclic) bond motifs is 1. The van der Waals surface area contributed by atoms with Crippen molar-refractivity contribution in [3.8, 4) is 0 Å². The molecule has 4 rings (SSSR count). The van der Waals surface area contributed by atoms with Gasteiger partial charge < -0.3 is 10.2 Å². The summed E-state index contributed by atoms with van der Waals surface area (Å²) in [5, 5.41) is 3.62. The molecule has 0 bridgehead atoms. The molecule has 1 aliphatic rings. The van der Waals surface area contributed by atoms with Gasteiger partial charge in [-0.3, -0.25) is 4.79 Å². The molecule has 0 aliphatic carbocycles. The quantitative estimate of drug-likeness (QED) is 0.594. The number of hydrogen-bond donors (Lipinski definition) is 1. The lowest BCUT2D eigenvalue weighted by atomic mass is 9.89. The zero-order valence-electron chi connectivity index (χ0n) is 16.9. The van der Waals surface area contributed by atoms with Crippen molar-refractivity contribution in [3.05, 3.63) is 94.8 Å². The molecule has 0 fully saturated rings. The third kappa shape index (κ3) is 3.75. The number of anilines is 2. The SMILES string of the molecule is Cc1ccc(N[C@H]2C[C@@H](C)N(C(=O)c3ccccc3F)c3ccc(C)cc32)cc1. The van der Waals surface area contributed by atoms with Crippen LogP contribution in [-0.2, 0) is 0 Å². The fraction of sp³-hybridized carbons (Fsp3) is 0.240. The molecule has 0 spiro atoms. The topological polar surface area (TPSA) is 32.3 Å². The molecule has 2 atom stereocenters. The lowest BCUT2D eigenvalue weighted by Gasteiger charge is -2.40. The molecular formula is C25H25FN2O. The molecule has 0 saturated carbocycles. The third-order valence-corrected chi connectivity index (χ3v) is 5.55. The summed E-state index contributed by atoms with van der Waals surface area (Å²) >= 11 is 0. The monoisotopic (exact) mass is 388 g/mol. The Morgan fingerprint density at radius 3 is 2.41 bits per heavy atom. The van der Waals surface area contributed by atoms with Gasteiger partial charge in [0.25, 0.3) is 5.91 Å².